The summed E-state index contributed by atoms with van der Waals surface area (Å²) in [6.45, 7) is 0. The maximum atomic E-state index is 12.6. The van der Waals surface area contributed by atoms with Crippen LogP contribution in [0.3, 0.4) is 0 Å². The van der Waals surface area contributed by atoms with Crippen LogP contribution in [0.1, 0.15) is 11.1 Å². The van der Waals surface area contributed by atoms with Gasteiger partial charge in [0.05, 0.1) is 11.1 Å². The van der Waals surface area contributed by atoms with Gasteiger partial charge in [0.15, 0.2) is 0 Å². The third-order valence-electron chi connectivity index (χ3n) is 2.88. The van der Waals surface area contributed by atoms with E-state index in [9.17, 15) is 26.3 Å². The van der Waals surface area contributed by atoms with Crippen LogP contribution in [0.15, 0.2) is 42.5 Å². The second-order valence-electron chi connectivity index (χ2n) is 4.38. The summed E-state index contributed by atoms with van der Waals surface area (Å²) in [7, 11) is 0. The molecule has 0 aliphatic carbocycles. The number of nitrogens with two attached hydrogens (primary N) is 1. The number of rotatable bonds is 1. The molecular weight excluding hydrogens is 296 g/mol. The number of alkyl halides is 6. The number of hydrogen-bond donors (Lipinski definition) is 1. The molecule has 0 aliphatic heterocycles. The first-order chi connectivity index (χ1) is 9.59. The van der Waals surface area contributed by atoms with Crippen LogP contribution >= 0.6 is 0 Å². The highest BCUT2D eigenvalue weighted by Crippen LogP contribution is 2.37. The van der Waals surface area contributed by atoms with Gasteiger partial charge >= 0.3 is 12.4 Å². The van der Waals surface area contributed by atoms with Crippen molar-refractivity contribution in [3.63, 3.8) is 0 Å². The van der Waals surface area contributed by atoms with Gasteiger partial charge in [0.25, 0.3) is 0 Å². The number of anilines is 1. The van der Waals surface area contributed by atoms with Crippen LogP contribution < -0.4 is 5.73 Å². The Bertz CT molecular complexity index is 657. The fourth-order valence-corrected chi connectivity index (χ4v) is 1.88. The Morgan fingerprint density at radius 2 is 1.33 bits per heavy atom. The second kappa shape index (κ2) is 4.98. The van der Waals surface area contributed by atoms with Gasteiger partial charge in [-0.05, 0) is 35.4 Å². The van der Waals surface area contributed by atoms with Crippen molar-refractivity contribution in [2.45, 2.75) is 12.4 Å². The summed E-state index contributed by atoms with van der Waals surface area (Å²) in [5.74, 6) is 0. The number of benzene rings is 2. The molecule has 0 radical (unpaired) electrons. The molecule has 0 bridgehead atoms. The van der Waals surface area contributed by atoms with Crippen molar-refractivity contribution in [1.82, 2.24) is 0 Å². The first-order valence-corrected chi connectivity index (χ1v) is 5.73. The molecule has 0 heterocycles. The maximum Gasteiger partial charge on any atom is 0.418 e. The lowest BCUT2D eigenvalue weighted by Gasteiger charge is -2.12. The summed E-state index contributed by atoms with van der Waals surface area (Å²) < 4.78 is 75.6. The Morgan fingerprint density at radius 1 is 0.714 bits per heavy atom. The summed E-state index contributed by atoms with van der Waals surface area (Å²) in [6, 6.07) is 7.17. The van der Waals surface area contributed by atoms with Crippen LogP contribution in [0.25, 0.3) is 11.1 Å². The van der Waals surface area contributed by atoms with Crippen LogP contribution in [0.4, 0.5) is 32.0 Å². The Hall–Kier alpha value is -2.18. The highest BCUT2D eigenvalue weighted by Gasteiger charge is 2.33. The molecule has 0 atom stereocenters. The second-order valence-corrected chi connectivity index (χ2v) is 4.38. The molecule has 7 heteroatoms. The highest BCUT2D eigenvalue weighted by atomic mass is 19.4. The van der Waals surface area contributed by atoms with Gasteiger partial charge < -0.3 is 5.73 Å². The molecule has 0 aliphatic rings. The molecule has 0 spiro atoms. The third kappa shape index (κ3) is 3.29. The van der Waals surface area contributed by atoms with E-state index in [4.69, 9.17) is 5.73 Å². The van der Waals surface area contributed by atoms with Crippen LogP contribution in [-0.2, 0) is 12.4 Å². The molecule has 0 saturated carbocycles. The molecule has 0 aromatic heterocycles. The Balaban J connectivity index is 2.47. The van der Waals surface area contributed by atoms with Crippen molar-refractivity contribution in [1.29, 1.82) is 0 Å². The molecule has 2 rings (SSSR count). The van der Waals surface area contributed by atoms with Crippen molar-refractivity contribution >= 4 is 5.69 Å². The molecule has 1 nitrogen and oxygen atoms in total. The molecule has 2 aromatic carbocycles. The molecule has 0 saturated heterocycles. The molecule has 21 heavy (non-hydrogen) atoms. The predicted molar refractivity (Wildman–Crippen MR) is 66.3 cm³/mol. The lowest BCUT2D eigenvalue weighted by molar-refractivity contribution is -0.138. The van der Waals surface area contributed by atoms with E-state index in [0.29, 0.717) is 0 Å². The zero-order valence-corrected chi connectivity index (χ0v) is 10.4. The largest absolute Gasteiger partial charge is 0.418 e. The SMILES string of the molecule is Nc1cc(-c2cccc(C(F)(F)F)c2)ccc1C(F)(F)F. The van der Waals surface area contributed by atoms with E-state index in [1.165, 1.54) is 12.1 Å². The summed E-state index contributed by atoms with van der Waals surface area (Å²) in [5, 5.41) is 0. The van der Waals surface area contributed by atoms with E-state index < -0.39 is 29.2 Å². The molecule has 112 valence electrons. The highest BCUT2D eigenvalue weighted by molar-refractivity contribution is 5.70. The van der Waals surface area contributed by atoms with Crippen molar-refractivity contribution in [2.24, 2.45) is 0 Å². The molecule has 0 unspecified atom stereocenters. The van der Waals surface area contributed by atoms with Gasteiger partial charge in [0.1, 0.15) is 0 Å². The maximum absolute atomic E-state index is 12.6. The predicted octanol–water partition coefficient (Wildman–Crippen LogP) is 4.97. The van der Waals surface area contributed by atoms with Gasteiger partial charge in [0.2, 0.25) is 0 Å². The quantitative estimate of drug-likeness (QED) is 0.584. The number of halogens is 6. The van der Waals surface area contributed by atoms with E-state index in [2.05, 4.69) is 0 Å². The fraction of sp³-hybridized carbons (Fsp3) is 0.143. The zero-order chi connectivity index (χ0) is 15.8. The van der Waals surface area contributed by atoms with Crippen LogP contribution in [0, 0.1) is 0 Å². The standard InChI is InChI=1S/C14H9F6N/c15-13(16,17)10-3-1-2-8(6-10)9-4-5-11(12(21)7-9)14(18,19)20/h1-7H,21H2. The topological polar surface area (TPSA) is 26.0 Å². The smallest absolute Gasteiger partial charge is 0.398 e. The number of hydrogen-bond acceptors (Lipinski definition) is 1. The minimum absolute atomic E-state index is 0.144. The normalized spacial score (nSPS) is 12.5. The third-order valence-corrected chi connectivity index (χ3v) is 2.88. The molecular formula is C14H9F6N. The van der Waals surface area contributed by atoms with Gasteiger partial charge in [-0.3, -0.25) is 0 Å². The lowest BCUT2D eigenvalue weighted by atomic mass is 10.0. The van der Waals surface area contributed by atoms with Crippen molar-refractivity contribution in [3.8, 4) is 11.1 Å². The first kappa shape index (κ1) is 15.2. The van der Waals surface area contributed by atoms with Gasteiger partial charge in [-0.15, -0.1) is 0 Å². The van der Waals surface area contributed by atoms with Crippen molar-refractivity contribution < 1.29 is 26.3 Å². The Morgan fingerprint density at radius 3 is 1.86 bits per heavy atom. The van der Waals surface area contributed by atoms with Gasteiger partial charge in [0, 0.05) is 5.69 Å². The molecule has 0 amide bonds. The van der Waals surface area contributed by atoms with E-state index >= 15 is 0 Å². The fourth-order valence-electron chi connectivity index (χ4n) is 1.88. The monoisotopic (exact) mass is 305 g/mol. The average molecular weight is 305 g/mol. The van der Waals surface area contributed by atoms with E-state index in [-0.39, 0.29) is 11.1 Å². The summed E-state index contributed by atoms with van der Waals surface area (Å²) >= 11 is 0. The average Bonchev–Trinajstić information content (AvgIpc) is 2.36. The van der Waals surface area contributed by atoms with Crippen LogP contribution in [0.5, 0.6) is 0 Å². The van der Waals surface area contributed by atoms with Crippen LogP contribution in [-0.4, -0.2) is 0 Å². The lowest BCUT2D eigenvalue weighted by Crippen LogP contribution is -2.08. The van der Waals surface area contributed by atoms with Gasteiger partial charge in [-0.25, -0.2) is 0 Å². The Kier molecular flexibility index (Phi) is 3.61. The molecule has 2 N–H and O–H groups in total. The van der Waals surface area contributed by atoms with Gasteiger partial charge in [-0.2, -0.15) is 26.3 Å². The number of nitrogen functional groups attached to an aromatic ring is 1. The first-order valence-electron chi connectivity index (χ1n) is 5.73. The van der Waals surface area contributed by atoms with E-state index in [0.717, 1.165) is 30.3 Å². The Labute approximate surface area is 116 Å². The van der Waals surface area contributed by atoms with E-state index in [1.807, 2.05) is 0 Å². The summed E-state index contributed by atoms with van der Waals surface area (Å²) in [6.07, 6.45) is -9.12. The zero-order valence-electron chi connectivity index (χ0n) is 10.4. The van der Waals surface area contributed by atoms with Gasteiger partial charge in [-0.1, -0.05) is 18.2 Å². The summed E-state index contributed by atoms with van der Waals surface area (Å²) in [5.41, 5.74) is 3.23. The van der Waals surface area contributed by atoms with E-state index in [1.54, 1.807) is 0 Å². The van der Waals surface area contributed by atoms with Crippen LogP contribution in [0.2, 0.25) is 0 Å². The summed E-state index contributed by atoms with van der Waals surface area (Å²) in [4.78, 5) is 0. The molecule has 0 fully saturated rings. The molecule has 2 aromatic rings. The van der Waals surface area contributed by atoms with Crippen molar-refractivity contribution in [3.05, 3.63) is 53.6 Å². The van der Waals surface area contributed by atoms with Crippen molar-refractivity contribution in [2.75, 3.05) is 5.73 Å². The minimum atomic E-state index is -4.60. The minimum Gasteiger partial charge on any atom is -0.398 e.